The number of rotatable bonds is 4. The Morgan fingerprint density at radius 1 is 1.23 bits per heavy atom. The second-order valence-electron chi connectivity index (χ2n) is 6.93. The van der Waals surface area contributed by atoms with Crippen molar-refractivity contribution < 1.29 is 27.4 Å². The van der Waals surface area contributed by atoms with Crippen LogP contribution in [0.5, 0.6) is 5.75 Å². The number of oxazole rings is 1. The van der Waals surface area contributed by atoms with Gasteiger partial charge in [-0.05, 0) is 30.7 Å². The molecule has 158 valence electrons. The summed E-state index contributed by atoms with van der Waals surface area (Å²) in [7, 11) is 1.24. The fraction of sp³-hybridized carbons (Fsp3) is 0.182. The summed E-state index contributed by atoms with van der Waals surface area (Å²) in [4.78, 5) is 6.82. The molecule has 0 aliphatic carbocycles. The first-order valence-corrected chi connectivity index (χ1v) is 9.12. The normalized spacial score (nSPS) is 13.7. The monoisotopic (exact) mass is 427 g/mol. The Morgan fingerprint density at radius 2 is 1.97 bits per heavy atom. The number of alkyl halides is 3. The molecular formula is C22H16F3N3O3. The third kappa shape index (κ3) is 3.04. The number of benzene rings is 2. The Kier molecular flexibility index (Phi) is 4.75. The van der Waals surface area contributed by atoms with Gasteiger partial charge in [-0.2, -0.15) is 18.4 Å². The second kappa shape index (κ2) is 7.18. The lowest BCUT2D eigenvalue weighted by molar-refractivity contribution is -0.248. The SMILES string of the molecule is COc1cc(C)c2[nH]ccc2c1C(O)(c1ccccc1-c1ncc(C#N)o1)C(F)(F)F. The van der Waals surface area contributed by atoms with Gasteiger partial charge in [0.05, 0.1) is 13.3 Å². The van der Waals surface area contributed by atoms with Crippen molar-refractivity contribution >= 4 is 10.9 Å². The fourth-order valence-corrected chi connectivity index (χ4v) is 3.78. The maximum Gasteiger partial charge on any atom is 0.425 e. The number of ether oxygens (including phenoxy) is 1. The molecule has 2 N–H and O–H groups in total. The molecule has 9 heteroatoms. The Balaban J connectivity index is 2.11. The van der Waals surface area contributed by atoms with Crippen molar-refractivity contribution in [2.75, 3.05) is 7.11 Å². The predicted octanol–water partition coefficient (Wildman–Crippen LogP) is 4.81. The van der Waals surface area contributed by atoms with E-state index in [2.05, 4.69) is 9.97 Å². The zero-order valence-electron chi connectivity index (χ0n) is 16.4. The van der Waals surface area contributed by atoms with Crippen LogP contribution in [0.2, 0.25) is 0 Å². The minimum atomic E-state index is -5.14. The van der Waals surface area contributed by atoms with E-state index in [1.807, 2.05) is 0 Å². The van der Waals surface area contributed by atoms with Crippen LogP contribution in [0.25, 0.3) is 22.4 Å². The summed E-state index contributed by atoms with van der Waals surface area (Å²) in [5.74, 6) is -0.503. The molecule has 1 atom stereocenters. The molecule has 4 rings (SSSR count). The van der Waals surface area contributed by atoms with Gasteiger partial charge in [-0.1, -0.05) is 18.2 Å². The van der Waals surface area contributed by atoms with Crippen molar-refractivity contribution in [1.29, 1.82) is 5.26 Å². The van der Waals surface area contributed by atoms with Gasteiger partial charge >= 0.3 is 6.18 Å². The smallest absolute Gasteiger partial charge is 0.425 e. The molecule has 2 aromatic carbocycles. The molecule has 0 amide bonds. The van der Waals surface area contributed by atoms with Crippen LogP contribution < -0.4 is 4.74 Å². The number of aromatic nitrogens is 2. The third-order valence-corrected chi connectivity index (χ3v) is 5.16. The van der Waals surface area contributed by atoms with Crippen molar-refractivity contribution in [3.8, 4) is 23.3 Å². The molecular weight excluding hydrogens is 411 g/mol. The van der Waals surface area contributed by atoms with Crippen LogP contribution >= 0.6 is 0 Å². The fourth-order valence-electron chi connectivity index (χ4n) is 3.78. The molecule has 0 aliphatic rings. The quantitative estimate of drug-likeness (QED) is 0.487. The van der Waals surface area contributed by atoms with E-state index in [0.29, 0.717) is 11.1 Å². The number of halogens is 3. The van der Waals surface area contributed by atoms with Gasteiger partial charge in [0.15, 0.2) is 0 Å². The molecule has 0 saturated carbocycles. The van der Waals surface area contributed by atoms with Crippen LogP contribution in [0.3, 0.4) is 0 Å². The molecule has 4 aromatic rings. The predicted molar refractivity (Wildman–Crippen MR) is 105 cm³/mol. The average Bonchev–Trinajstić information content (AvgIpc) is 3.42. The number of hydrogen-bond donors (Lipinski definition) is 2. The summed E-state index contributed by atoms with van der Waals surface area (Å²) >= 11 is 0. The number of aromatic amines is 1. The highest BCUT2D eigenvalue weighted by molar-refractivity contribution is 5.90. The lowest BCUT2D eigenvalue weighted by atomic mass is 9.80. The number of aryl methyl sites for hydroxylation is 1. The lowest BCUT2D eigenvalue weighted by Gasteiger charge is -2.34. The topological polar surface area (TPSA) is 95.1 Å². The van der Waals surface area contributed by atoms with Gasteiger partial charge in [-0.3, -0.25) is 0 Å². The van der Waals surface area contributed by atoms with Crippen LogP contribution in [0.4, 0.5) is 13.2 Å². The van der Waals surface area contributed by atoms with Gasteiger partial charge in [0.2, 0.25) is 17.3 Å². The molecule has 31 heavy (non-hydrogen) atoms. The zero-order chi connectivity index (χ0) is 22.4. The van der Waals surface area contributed by atoms with Crippen LogP contribution in [0.15, 0.2) is 53.2 Å². The summed E-state index contributed by atoms with van der Waals surface area (Å²) in [6, 6.07) is 9.99. The van der Waals surface area contributed by atoms with Gasteiger partial charge in [-0.15, -0.1) is 0 Å². The highest BCUT2D eigenvalue weighted by Crippen LogP contribution is 2.52. The molecule has 2 aromatic heterocycles. The Labute approximate surface area is 174 Å². The Hall–Kier alpha value is -3.77. The maximum absolute atomic E-state index is 14.7. The minimum Gasteiger partial charge on any atom is -0.496 e. The molecule has 6 nitrogen and oxygen atoms in total. The highest BCUT2D eigenvalue weighted by atomic mass is 19.4. The zero-order valence-corrected chi connectivity index (χ0v) is 16.4. The molecule has 0 bridgehead atoms. The van der Waals surface area contributed by atoms with Crippen LogP contribution in [0, 0.1) is 18.3 Å². The summed E-state index contributed by atoms with van der Waals surface area (Å²) in [6.45, 7) is 1.72. The minimum absolute atomic E-state index is 0.102. The van der Waals surface area contributed by atoms with Gasteiger partial charge in [0.1, 0.15) is 11.8 Å². The third-order valence-electron chi connectivity index (χ3n) is 5.16. The van der Waals surface area contributed by atoms with E-state index in [1.54, 1.807) is 13.0 Å². The van der Waals surface area contributed by atoms with Crippen LogP contribution in [-0.4, -0.2) is 28.4 Å². The van der Waals surface area contributed by atoms with E-state index in [0.717, 1.165) is 12.3 Å². The van der Waals surface area contributed by atoms with E-state index in [1.165, 1.54) is 43.6 Å². The number of fused-ring (bicyclic) bond motifs is 1. The summed E-state index contributed by atoms with van der Waals surface area (Å²) in [5, 5.41) is 20.6. The van der Waals surface area contributed by atoms with Gasteiger partial charge in [-0.25, -0.2) is 4.98 Å². The molecule has 0 fully saturated rings. The number of nitriles is 1. The number of nitrogens with one attached hydrogen (secondary N) is 1. The van der Waals surface area contributed by atoms with Crippen molar-refractivity contribution in [2.45, 2.75) is 18.7 Å². The highest BCUT2D eigenvalue weighted by Gasteiger charge is 2.59. The maximum atomic E-state index is 14.7. The van der Waals surface area contributed by atoms with Crippen molar-refractivity contribution in [2.24, 2.45) is 0 Å². The van der Waals surface area contributed by atoms with E-state index in [4.69, 9.17) is 14.4 Å². The average molecular weight is 427 g/mol. The molecule has 0 saturated heterocycles. The largest absolute Gasteiger partial charge is 0.496 e. The lowest BCUT2D eigenvalue weighted by Crippen LogP contribution is -2.44. The number of nitrogens with zero attached hydrogens (tertiary/aromatic N) is 2. The van der Waals surface area contributed by atoms with Crippen LogP contribution in [0.1, 0.15) is 22.5 Å². The second-order valence-corrected chi connectivity index (χ2v) is 6.93. The summed E-state index contributed by atoms with van der Waals surface area (Å²) in [5.41, 5.74) is -3.43. The summed E-state index contributed by atoms with van der Waals surface area (Å²) in [6.07, 6.45) is -2.54. The van der Waals surface area contributed by atoms with E-state index < -0.39 is 22.9 Å². The van der Waals surface area contributed by atoms with Crippen molar-refractivity contribution in [1.82, 2.24) is 9.97 Å². The first-order chi connectivity index (χ1) is 14.7. The van der Waals surface area contributed by atoms with Gasteiger partial charge < -0.3 is 19.2 Å². The Bertz CT molecular complexity index is 1320. The summed E-state index contributed by atoms with van der Waals surface area (Å²) < 4.78 is 54.6. The van der Waals surface area contributed by atoms with Crippen molar-refractivity contribution in [3.05, 3.63) is 71.2 Å². The van der Waals surface area contributed by atoms with E-state index in [-0.39, 0.29) is 28.4 Å². The molecule has 2 heterocycles. The number of hydrogen-bond acceptors (Lipinski definition) is 5. The van der Waals surface area contributed by atoms with Gasteiger partial charge in [0, 0.05) is 33.8 Å². The Morgan fingerprint density at radius 3 is 2.61 bits per heavy atom. The van der Waals surface area contributed by atoms with E-state index in [9.17, 15) is 18.3 Å². The molecule has 1 unspecified atom stereocenters. The van der Waals surface area contributed by atoms with Crippen molar-refractivity contribution in [3.63, 3.8) is 0 Å². The number of methoxy groups -OCH3 is 1. The first-order valence-electron chi connectivity index (χ1n) is 9.12. The van der Waals surface area contributed by atoms with Gasteiger partial charge in [0.25, 0.3) is 0 Å². The number of aliphatic hydroxyl groups is 1. The van der Waals surface area contributed by atoms with E-state index >= 15 is 0 Å². The number of H-pyrrole nitrogens is 1. The molecule has 0 aliphatic heterocycles. The first kappa shape index (κ1) is 20.5. The standard InChI is InChI=1S/C22H16F3N3O3/c1-12-9-17(30-2)18(15-7-8-27-19(12)15)21(29,22(23,24)25)16-6-4-3-5-14(16)20-28-11-13(10-26)31-20/h3-9,11,27,29H,1-2H3. The molecule has 0 spiro atoms. The molecule has 0 radical (unpaired) electrons. The van der Waals surface area contributed by atoms with Crippen LogP contribution in [-0.2, 0) is 5.60 Å².